The van der Waals surface area contributed by atoms with Crippen LogP contribution in [0.2, 0.25) is 0 Å². The van der Waals surface area contributed by atoms with Crippen molar-refractivity contribution in [2.75, 3.05) is 4.90 Å². The number of aromatic nitrogens is 4. The van der Waals surface area contributed by atoms with Crippen LogP contribution in [0.15, 0.2) is 200 Å². The average molecular weight is 758 g/mol. The van der Waals surface area contributed by atoms with E-state index in [4.69, 9.17) is 15.0 Å². The van der Waals surface area contributed by atoms with Crippen LogP contribution in [0.1, 0.15) is 25.0 Å². The molecular weight excluding hydrogens is 719 g/mol. The van der Waals surface area contributed by atoms with Gasteiger partial charge in [0.1, 0.15) is 0 Å². The third-order valence-corrected chi connectivity index (χ3v) is 11.8. The Balaban J connectivity index is 1.10. The lowest BCUT2D eigenvalue weighted by atomic mass is 9.73. The fraction of sp³-hybridized carbons (Fsp3) is 0.0556. The molecule has 0 saturated carbocycles. The smallest absolute Gasteiger partial charge is 0.164 e. The Morgan fingerprint density at radius 2 is 0.797 bits per heavy atom. The van der Waals surface area contributed by atoms with Crippen LogP contribution in [0, 0.1) is 0 Å². The summed E-state index contributed by atoms with van der Waals surface area (Å²) in [5.41, 5.74) is 14.5. The maximum Gasteiger partial charge on any atom is 0.164 e. The van der Waals surface area contributed by atoms with E-state index in [-0.39, 0.29) is 5.41 Å². The zero-order chi connectivity index (χ0) is 39.5. The number of anilines is 3. The predicted octanol–water partition coefficient (Wildman–Crippen LogP) is 13.7. The zero-order valence-corrected chi connectivity index (χ0v) is 32.8. The molecule has 0 radical (unpaired) electrons. The molecule has 0 N–H and O–H groups in total. The standard InChI is InChI=1S/C54H39N5/c1-54(2)45-25-15-16-26-49(45)59(42-23-13-6-14-24-42)50-32-28-39(35-46(50)54)38-27-30-47-43(33-38)44-34-40(29-31-48(44)58(47)41-21-11-5-12-22-41)53-56-51(36-17-7-3-8-18-36)55-52(57-53)37-19-9-4-10-20-37/h3-35H,1-2H3. The molecule has 1 aliphatic heterocycles. The van der Waals surface area contributed by atoms with Crippen LogP contribution in [0.25, 0.3) is 72.8 Å². The SMILES string of the molecule is CC1(C)c2ccccc2N(c2ccccc2)c2ccc(-c3ccc4c(c3)c3cc(-c5nc(-c6ccccc6)nc(-c6ccccc6)n5)ccc3n4-c3ccccc3)cc21. The molecule has 1 aliphatic rings. The molecule has 0 spiro atoms. The van der Waals surface area contributed by atoms with Crippen LogP contribution in [0.4, 0.5) is 17.1 Å². The van der Waals surface area contributed by atoms with Gasteiger partial charge in [0, 0.05) is 44.3 Å². The Morgan fingerprint density at radius 1 is 0.356 bits per heavy atom. The average Bonchev–Trinajstić information content (AvgIpc) is 3.63. The van der Waals surface area contributed by atoms with Crippen molar-refractivity contribution in [1.29, 1.82) is 0 Å². The Kier molecular flexibility index (Phi) is 8.09. The van der Waals surface area contributed by atoms with E-state index in [0.29, 0.717) is 17.5 Å². The quantitative estimate of drug-likeness (QED) is 0.169. The second kappa shape index (κ2) is 13.8. The number of nitrogens with zero attached hydrogens (tertiary/aromatic N) is 5. The monoisotopic (exact) mass is 757 g/mol. The Labute approximate surface area is 343 Å². The zero-order valence-electron chi connectivity index (χ0n) is 32.8. The molecule has 11 rings (SSSR count). The summed E-state index contributed by atoms with van der Waals surface area (Å²) in [7, 11) is 0. The second-order valence-electron chi connectivity index (χ2n) is 15.7. The van der Waals surface area contributed by atoms with Crippen LogP contribution >= 0.6 is 0 Å². The van der Waals surface area contributed by atoms with Gasteiger partial charge < -0.3 is 9.47 Å². The maximum absolute atomic E-state index is 5.08. The topological polar surface area (TPSA) is 46.8 Å². The van der Waals surface area contributed by atoms with Gasteiger partial charge in [-0.25, -0.2) is 15.0 Å². The summed E-state index contributed by atoms with van der Waals surface area (Å²) in [6.45, 7) is 4.70. The molecule has 2 aromatic heterocycles. The molecular formula is C54H39N5. The highest BCUT2D eigenvalue weighted by Crippen LogP contribution is 2.52. The van der Waals surface area contributed by atoms with Crippen molar-refractivity contribution in [1.82, 2.24) is 19.5 Å². The van der Waals surface area contributed by atoms with Gasteiger partial charge in [0.2, 0.25) is 0 Å². The first kappa shape index (κ1) is 34.6. The number of hydrogen-bond donors (Lipinski definition) is 0. The molecule has 5 heteroatoms. The molecule has 280 valence electrons. The fourth-order valence-electron chi connectivity index (χ4n) is 8.87. The molecule has 0 saturated heterocycles. The second-order valence-corrected chi connectivity index (χ2v) is 15.7. The van der Waals surface area contributed by atoms with Crippen LogP contribution in [0.5, 0.6) is 0 Å². The molecule has 0 amide bonds. The molecule has 0 aliphatic carbocycles. The molecule has 0 bridgehead atoms. The van der Waals surface area contributed by atoms with Gasteiger partial charge in [-0.2, -0.15) is 0 Å². The van der Waals surface area contributed by atoms with E-state index < -0.39 is 0 Å². The highest BCUT2D eigenvalue weighted by molar-refractivity contribution is 6.11. The van der Waals surface area contributed by atoms with E-state index in [1.54, 1.807) is 0 Å². The third-order valence-electron chi connectivity index (χ3n) is 11.8. The highest BCUT2D eigenvalue weighted by Gasteiger charge is 2.37. The summed E-state index contributed by atoms with van der Waals surface area (Å²) in [5, 5.41) is 2.30. The number of para-hydroxylation sites is 3. The Bertz CT molecular complexity index is 3110. The van der Waals surface area contributed by atoms with Crippen molar-refractivity contribution < 1.29 is 0 Å². The number of hydrogen-bond acceptors (Lipinski definition) is 4. The molecule has 10 aromatic rings. The van der Waals surface area contributed by atoms with Gasteiger partial charge >= 0.3 is 0 Å². The summed E-state index contributed by atoms with van der Waals surface area (Å²) in [6.07, 6.45) is 0. The van der Waals surface area contributed by atoms with Gasteiger partial charge in [-0.15, -0.1) is 0 Å². The lowest BCUT2D eigenvalue weighted by Crippen LogP contribution is -2.30. The summed E-state index contributed by atoms with van der Waals surface area (Å²) in [5.74, 6) is 1.93. The van der Waals surface area contributed by atoms with Gasteiger partial charge in [0.05, 0.1) is 22.4 Å². The number of fused-ring (bicyclic) bond motifs is 5. The first-order valence-electron chi connectivity index (χ1n) is 20.1. The minimum atomic E-state index is -0.211. The highest BCUT2D eigenvalue weighted by atomic mass is 15.2. The van der Waals surface area contributed by atoms with Crippen LogP contribution in [0.3, 0.4) is 0 Å². The summed E-state index contributed by atoms with van der Waals surface area (Å²) >= 11 is 0. The lowest BCUT2D eigenvalue weighted by Gasteiger charge is -2.42. The fourth-order valence-corrected chi connectivity index (χ4v) is 8.87. The van der Waals surface area contributed by atoms with Crippen molar-refractivity contribution in [2.45, 2.75) is 19.3 Å². The Hall–Kier alpha value is -7.63. The van der Waals surface area contributed by atoms with E-state index in [1.807, 2.05) is 60.7 Å². The molecule has 0 fully saturated rings. The van der Waals surface area contributed by atoms with Crippen molar-refractivity contribution in [3.63, 3.8) is 0 Å². The minimum Gasteiger partial charge on any atom is -0.310 e. The summed E-state index contributed by atoms with van der Waals surface area (Å²) < 4.78 is 2.36. The van der Waals surface area contributed by atoms with Crippen molar-refractivity contribution >= 4 is 38.9 Å². The van der Waals surface area contributed by atoms with Gasteiger partial charge in [-0.1, -0.05) is 141 Å². The summed E-state index contributed by atoms with van der Waals surface area (Å²) in [4.78, 5) is 17.5. The lowest BCUT2D eigenvalue weighted by molar-refractivity contribution is 0.632. The van der Waals surface area contributed by atoms with E-state index in [0.717, 1.165) is 55.4 Å². The number of benzene rings is 8. The summed E-state index contributed by atoms with van der Waals surface area (Å²) in [6, 6.07) is 70.9. The molecule has 59 heavy (non-hydrogen) atoms. The molecule has 5 nitrogen and oxygen atoms in total. The van der Waals surface area contributed by atoms with E-state index >= 15 is 0 Å². The maximum atomic E-state index is 5.08. The molecule has 0 unspecified atom stereocenters. The van der Waals surface area contributed by atoms with Crippen LogP contribution in [-0.2, 0) is 5.41 Å². The van der Waals surface area contributed by atoms with Gasteiger partial charge in [0.25, 0.3) is 0 Å². The van der Waals surface area contributed by atoms with Gasteiger partial charge in [-0.3, -0.25) is 0 Å². The molecule has 3 heterocycles. The van der Waals surface area contributed by atoms with Gasteiger partial charge in [-0.05, 0) is 95.1 Å². The molecule has 0 atom stereocenters. The minimum absolute atomic E-state index is 0.211. The largest absolute Gasteiger partial charge is 0.310 e. The van der Waals surface area contributed by atoms with Crippen LogP contribution in [-0.4, -0.2) is 19.5 Å². The third kappa shape index (κ3) is 5.81. The Morgan fingerprint density at radius 3 is 1.41 bits per heavy atom. The normalized spacial score (nSPS) is 13.0. The molecule has 8 aromatic carbocycles. The predicted molar refractivity (Wildman–Crippen MR) is 243 cm³/mol. The first-order chi connectivity index (χ1) is 29.0. The first-order valence-corrected chi connectivity index (χ1v) is 20.1. The van der Waals surface area contributed by atoms with E-state index in [9.17, 15) is 0 Å². The van der Waals surface area contributed by atoms with Crippen molar-refractivity contribution in [2.24, 2.45) is 0 Å². The number of rotatable bonds is 6. The van der Waals surface area contributed by atoms with Crippen molar-refractivity contribution in [3.8, 4) is 51.0 Å². The van der Waals surface area contributed by atoms with Crippen LogP contribution < -0.4 is 4.90 Å². The van der Waals surface area contributed by atoms with E-state index in [2.05, 4.69) is 163 Å². The van der Waals surface area contributed by atoms with E-state index in [1.165, 1.54) is 28.1 Å². The van der Waals surface area contributed by atoms with Gasteiger partial charge in [0.15, 0.2) is 17.5 Å². The van der Waals surface area contributed by atoms with Crippen molar-refractivity contribution in [3.05, 3.63) is 211 Å².